The van der Waals surface area contributed by atoms with Gasteiger partial charge in [0.25, 0.3) is 10.0 Å². The Balaban J connectivity index is 3.03. The molecule has 0 aliphatic carbocycles. The van der Waals surface area contributed by atoms with Crippen LogP contribution >= 0.6 is 0 Å². The van der Waals surface area contributed by atoms with Gasteiger partial charge in [0.2, 0.25) is 0 Å². The summed E-state index contributed by atoms with van der Waals surface area (Å²) in [5, 5.41) is 0.728. The largest absolute Gasteiger partial charge is 0.458 e. The van der Waals surface area contributed by atoms with Crippen LogP contribution in [-0.4, -0.2) is 54.4 Å². The maximum Gasteiger partial charge on any atom is 0.334 e. The lowest BCUT2D eigenvalue weighted by Crippen LogP contribution is -2.49. The zero-order valence-corrected chi connectivity index (χ0v) is 14.5. The van der Waals surface area contributed by atoms with Gasteiger partial charge >= 0.3 is 12.0 Å². The fraction of sp³-hybridized carbons (Fsp3) is 0.714. The zero-order chi connectivity index (χ0) is 17.3. The summed E-state index contributed by atoms with van der Waals surface area (Å²) < 4.78 is 29.7. The minimum Gasteiger partial charge on any atom is -0.458 e. The Morgan fingerprint density at radius 1 is 1.32 bits per heavy atom. The van der Waals surface area contributed by atoms with E-state index in [2.05, 4.69) is 6.58 Å². The van der Waals surface area contributed by atoms with Crippen molar-refractivity contribution < 1.29 is 22.7 Å². The predicted octanol–water partition coefficient (Wildman–Crippen LogP) is 1.56. The third-order valence-corrected chi connectivity index (χ3v) is 4.51. The van der Waals surface area contributed by atoms with Crippen molar-refractivity contribution in [1.29, 1.82) is 0 Å². The van der Waals surface area contributed by atoms with Gasteiger partial charge < -0.3 is 9.64 Å². The summed E-state index contributed by atoms with van der Waals surface area (Å²) in [5.41, 5.74) is -0.681. The van der Waals surface area contributed by atoms with E-state index in [1.807, 2.05) is 0 Å². The lowest BCUT2D eigenvalue weighted by Gasteiger charge is -2.31. The molecule has 0 spiro atoms. The molecule has 0 aromatic heterocycles. The number of hydrogen-bond donors (Lipinski definition) is 0. The standard InChI is InChI=1S/C14H24N2O5S/c1-7-22(19,20)16-9-8-15(13(16)18)11(10(2)3)12(17)21-14(4,5)6/h7,10-11H,1,8-9H2,2-6H3/t11-/m0/s1. The van der Waals surface area contributed by atoms with Crippen LogP contribution in [0.5, 0.6) is 0 Å². The topological polar surface area (TPSA) is 84.0 Å². The van der Waals surface area contributed by atoms with Crippen LogP contribution in [0.4, 0.5) is 4.79 Å². The number of esters is 1. The molecule has 0 N–H and O–H groups in total. The Hall–Kier alpha value is -1.57. The molecular formula is C14H24N2O5S. The van der Waals surface area contributed by atoms with Gasteiger partial charge in [-0.1, -0.05) is 20.4 Å². The molecule has 0 bridgehead atoms. The van der Waals surface area contributed by atoms with Gasteiger partial charge in [-0.15, -0.1) is 0 Å². The second-order valence-corrected chi connectivity index (χ2v) is 8.29. The highest BCUT2D eigenvalue weighted by atomic mass is 32.2. The average Bonchev–Trinajstić information content (AvgIpc) is 2.69. The molecule has 7 nitrogen and oxygen atoms in total. The molecule has 1 rings (SSSR count). The molecule has 0 saturated carbocycles. The lowest BCUT2D eigenvalue weighted by molar-refractivity contribution is -0.161. The summed E-state index contributed by atoms with van der Waals surface area (Å²) >= 11 is 0. The quantitative estimate of drug-likeness (QED) is 0.713. The molecule has 0 aromatic carbocycles. The SMILES string of the molecule is C=CS(=O)(=O)N1CCN([C@H](C(=O)OC(C)(C)C)C(C)C)C1=O. The summed E-state index contributed by atoms with van der Waals surface area (Å²) in [6.45, 7) is 12.1. The van der Waals surface area contributed by atoms with Crippen molar-refractivity contribution in [3.05, 3.63) is 12.0 Å². The van der Waals surface area contributed by atoms with Crippen molar-refractivity contribution >= 4 is 22.0 Å². The van der Waals surface area contributed by atoms with Crippen LogP contribution in [0.2, 0.25) is 0 Å². The molecule has 22 heavy (non-hydrogen) atoms. The molecule has 1 aliphatic heterocycles. The number of carbonyl (C=O) groups is 2. The van der Waals surface area contributed by atoms with E-state index in [1.54, 1.807) is 34.6 Å². The number of nitrogens with zero attached hydrogens (tertiary/aromatic N) is 2. The predicted molar refractivity (Wildman–Crippen MR) is 82.4 cm³/mol. The normalized spacial score (nSPS) is 17.8. The number of urea groups is 1. The maximum absolute atomic E-state index is 12.4. The second-order valence-electron chi connectivity index (χ2n) is 6.48. The van der Waals surface area contributed by atoms with Gasteiger partial charge in [0.1, 0.15) is 11.6 Å². The molecular weight excluding hydrogens is 308 g/mol. The molecule has 0 aromatic rings. The van der Waals surface area contributed by atoms with E-state index in [9.17, 15) is 18.0 Å². The molecule has 1 fully saturated rings. The summed E-state index contributed by atoms with van der Waals surface area (Å²) in [6, 6.07) is -1.54. The van der Waals surface area contributed by atoms with E-state index in [4.69, 9.17) is 4.74 Å². The first-order chi connectivity index (χ1) is 9.90. The Labute approximate surface area is 132 Å². The molecule has 1 atom stereocenters. The van der Waals surface area contributed by atoms with Crippen LogP contribution < -0.4 is 0 Å². The van der Waals surface area contributed by atoms with E-state index in [1.165, 1.54) is 4.90 Å². The van der Waals surface area contributed by atoms with Crippen LogP contribution in [0.25, 0.3) is 0 Å². The molecule has 0 unspecified atom stereocenters. The minimum atomic E-state index is -3.85. The van der Waals surface area contributed by atoms with Crippen LogP contribution in [0.3, 0.4) is 0 Å². The highest BCUT2D eigenvalue weighted by Gasteiger charge is 2.43. The van der Waals surface area contributed by atoms with Crippen LogP contribution in [-0.2, 0) is 19.6 Å². The summed E-state index contributed by atoms with van der Waals surface area (Å²) in [5.74, 6) is -0.737. The van der Waals surface area contributed by atoms with Gasteiger partial charge in [-0.05, 0) is 26.7 Å². The van der Waals surface area contributed by atoms with E-state index in [0.717, 1.165) is 9.71 Å². The van der Waals surface area contributed by atoms with Gasteiger partial charge in [-0.2, -0.15) is 0 Å². The van der Waals surface area contributed by atoms with E-state index in [-0.39, 0.29) is 19.0 Å². The summed E-state index contributed by atoms with van der Waals surface area (Å²) in [7, 11) is -3.85. The molecule has 1 saturated heterocycles. The summed E-state index contributed by atoms with van der Waals surface area (Å²) in [4.78, 5) is 25.9. The van der Waals surface area contributed by atoms with Crippen molar-refractivity contribution in [3.8, 4) is 0 Å². The number of carbonyl (C=O) groups excluding carboxylic acids is 2. The smallest absolute Gasteiger partial charge is 0.334 e. The van der Waals surface area contributed by atoms with Crippen molar-refractivity contribution in [2.75, 3.05) is 13.1 Å². The number of sulfonamides is 1. The van der Waals surface area contributed by atoms with Gasteiger partial charge in [0, 0.05) is 12.0 Å². The van der Waals surface area contributed by atoms with Gasteiger partial charge in [0.15, 0.2) is 0 Å². The molecule has 1 heterocycles. The molecule has 0 radical (unpaired) electrons. The highest BCUT2D eigenvalue weighted by Crippen LogP contribution is 2.23. The van der Waals surface area contributed by atoms with Crippen LogP contribution in [0, 0.1) is 5.92 Å². The van der Waals surface area contributed by atoms with Crippen molar-refractivity contribution in [3.63, 3.8) is 0 Å². The molecule has 1 aliphatic rings. The number of amides is 2. The fourth-order valence-corrected chi connectivity index (χ4v) is 3.08. The zero-order valence-electron chi connectivity index (χ0n) is 13.7. The first-order valence-electron chi connectivity index (χ1n) is 7.09. The summed E-state index contributed by atoms with van der Waals surface area (Å²) in [6.07, 6.45) is 0. The molecule has 126 valence electrons. The third-order valence-electron chi connectivity index (χ3n) is 3.14. The van der Waals surface area contributed by atoms with Gasteiger partial charge in [0.05, 0.1) is 6.54 Å². The lowest BCUT2D eigenvalue weighted by atomic mass is 10.0. The number of rotatable bonds is 5. The fourth-order valence-electron chi connectivity index (χ4n) is 2.24. The van der Waals surface area contributed by atoms with Crippen molar-refractivity contribution in [2.24, 2.45) is 5.92 Å². The van der Waals surface area contributed by atoms with Crippen molar-refractivity contribution in [1.82, 2.24) is 9.21 Å². The van der Waals surface area contributed by atoms with Crippen molar-refractivity contribution in [2.45, 2.75) is 46.3 Å². The number of ether oxygens (including phenoxy) is 1. The average molecular weight is 332 g/mol. The monoisotopic (exact) mass is 332 g/mol. The van der Waals surface area contributed by atoms with Gasteiger partial charge in [-0.25, -0.2) is 22.3 Å². The Morgan fingerprint density at radius 2 is 1.86 bits per heavy atom. The van der Waals surface area contributed by atoms with E-state index in [0.29, 0.717) is 0 Å². The van der Waals surface area contributed by atoms with Crippen LogP contribution in [0.1, 0.15) is 34.6 Å². The molecule has 2 amide bonds. The molecule has 8 heteroatoms. The Morgan fingerprint density at radius 3 is 2.27 bits per heavy atom. The maximum atomic E-state index is 12.4. The first-order valence-corrected chi connectivity index (χ1v) is 8.59. The Bertz CT molecular complexity index is 562. The highest BCUT2D eigenvalue weighted by molar-refractivity contribution is 7.92. The Kier molecular flexibility index (Phi) is 5.27. The van der Waals surface area contributed by atoms with E-state index >= 15 is 0 Å². The third kappa shape index (κ3) is 4.00. The van der Waals surface area contributed by atoms with E-state index < -0.39 is 33.7 Å². The number of hydrogen-bond acceptors (Lipinski definition) is 5. The second kappa shape index (κ2) is 6.28. The van der Waals surface area contributed by atoms with Gasteiger partial charge in [-0.3, -0.25) is 0 Å². The first kappa shape index (κ1) is 18.5. The van der Waals surface area contributed by atoms with Crippen LogP contribution in [0.15, 0.2) is 12.0 Å². The minimum absolute atomic E-state index is 0.000789.